The second-order valence-corrected chi connectivity index (χ2v) is 7.28. The molecule has 2 unspecified atom stereocenters. The zero-order valence-corrected chi connectivity index (χ0v) is 11.9. The highest BCUT2D eigenvalue weighted by molar-refractivity contribution is 7.92. The molecule has 0 N–H and O–H groups in total. The van der Waals surface area contributed by atoms with Gasteiger partial charge < -0.3 is 0 Å². The summed E-state index contributed by atoms with van der Waals surface area (Å²) in [5.74, 6) is -4.33. The summed E-state index contributed by atoms with van der Waals surface area (Å²) in [6, 6.07) is 4.15. The van der Waals surface area contributed by atoms with Gasteiger partial charge >= 0.3 is 0 Å². The van der Waals surface area contributed by atoms with Crippen LogP contribution in [-0.4, -0.2) is 25.2 Å². The minimum absolute atomic E-state index is 0.104. The standard InChI is InChI=1S/C14H13F2NO3S/c15-9-4-5-10(12(16)7-9)11(8-17)14(18)13-3-1-2-6-21(13,19)20/h4-5,7,11,13H,1-3,6H2. The molecule has 2 rings (SSSR count). The molecule has 4 nitrogen and oxygen atoms in total. The molecule has 1 aliphatic rings. The van der Waals surface area contributed by atoms with Gasteiger partial charge in [-0.05, 0) is 18.9 Å². The van der Waals surface area contributed by atoms with Crippen LogP contribution < -0.4 is 0 Å². The van der Waals surface area contributed by atoms with Crippen molar-refractivity contribution in [3.8, 4) is 6.07 Å². The van der Waals surface area contributed by atoms with E-state index in [0.717, 1.165) is 12.1 Å². The molecule has 0 amide bonds. The molecular weight excluding hydrogens is 300 g/mol. The van der Waals surface area contributed by atoms with Crippen LogP contribution in [-0.2, 0) is 14.6 Å². The van der Waals surface area contributed by atoms with E-state index >= 15 is 0 Å². The van der Waals surface area contributed by atoms with Gasteiger partial charge in [-0.3, -0.25) is 4.79 Å². The Labute approximate surface area is 121 Å². The first-order chi connectivity index (χ1) is 9.86. The quantitative estimate of drug-likeness (QED) is 0.856. The first-order valence-electron chi connectivity index (χ1n) is 6.46. The Morgan fingerprint density at radius 2 is 2.05 bits per heavy atom. The molecule has 1 aromatic rings. The summed E-state index contributed by atoms with van der Waals surface area (Å²) in [6.45, 7) is 0. The maximum Gasteiger partial charge on any atom is 0.172 e. The van der Waals surface area contributed by atoms with E-state index < -0.39 is 38.4 Å². The zero-order valence-electron chi connectivity index (χ0n) is 11.1. The summed E-state index contributed by atoms with van der Waals surface area (Å²) < 4.78 is 50.5. The lowest BCUT2D eigenvalue weighted by Gasteiger charge is -2.23. The van der Waals surface area contributed by atoms with Crippen molar-refractivity contribution in [2.75, 3.05) is 5.75 Å². The number of Topliss-reactive ketones (excluding diaryl/α,β-unsaturated/α-hetero) is 1. The summed E-state index contributed by atoms with van der Waals surface area (Å²) in [5, 5.41) is 7.84. The van der Waals surface area contributed by atoms with Crippen molar-refractivity contribution < 1.29 is 22.0 Å². The summed E-state index contributed by atoms with van der Waals surface area (Å²) in [5.41, 5.74) is -0.287. The van der Waals surface area contributed by atoms with Gasteiger partial charge in [-0.2, -0.15) is 5.26 Å². The topological polar surface area (TPSA) is 75.0 Å². The lowest BCUT2D eigenvalue weighted by atomic mass is 9.92. The van der Waals surface area contributed by atoms with Crippen LogP contribution in [0.3, 0.4) is 0 Å². The first-order valence-corrected chi connectivity index (χ1v) is 8.18. The number of halogens is 2. The van der Waals surface area contributed by atoms with E-state index in [1.54, 1.807) is 6.07 Å². The number of ketones is 1. The Hall–Kier alpha value is -1.81. The lowest BCUT2D eigenvalue weighted by Crippen LogP contribution is -2.38. The molecule has 1 aliphatic heterocycles. The second kappa shape index (κ2) is 5.90. The monoisotopic (exact) mass is 313 g/mol. The second-order valence-electron chi connectivity index (χ2n) is 4.98. The zero-order chi connectivity index (χ0) is 15.6. The number of nitriles is 1. The molecule has 0 saturated carbocycles. The van der Waals surface area contributed by atoms with Crippen LogP contribution in [0.2, 0.25) is 0 Å². The van der Waals surface area contributed by atoms with Gasteiger partial charge in [0.15, 0.2) is 15.6 Å². The maximum absolute atomic E-state index is 13.7. The van der Waals surface area contributed by atoms with Gasteiger partial charge in [0.05, 0.1) is 11.8 Å². The predicted molar refractivity (Wildman–Crippen MR) is 71.1 cm³/mol. The molecule has 0 radical (unpaired) electrons. The van der Waals surface area contributed by atoms with Crippen LogP contribution in [0.15, 0.2) is 18.2 Å². The number of sulfone groups is 1. The van der Waals surface area contributed by atoms with Gasteiger partial charge in [0.2, 0.25) is 0 Å². The molecule has 7 heteroatoms. The third kappa shape index (κ3) is 3.10. The van der Waals surface area contributed by atoms with Gasteiger partial charge in [0.25, 0.3) is 0 Å². The first kappa shape index (κ1) is 15.6. The molecule has 0 bridgehead atoms. The number of benzene rings is 1. The molecule has 0 aromatic heterocycles. The van der Waals surface area contributed by atoms with Crippen LogP contribution >= 0.6 is 0 Å². The van der Waals surface area contributed by atoms with E-state index in [9.17, 15) is 22.0 Å². The van der Waals surface area contributed by atoms with Crippen molar-refractivity contribution in [3.05, 3.63) is 35.4 Å². The number of carbonyl (C=O) groups excluding carboxylic acids is 1. The van der Waals surface area contributed by atoms with E-state index in [1.165, 1.54) is 0 Å². The lowest BCUT2D eigenvalue weighted by molar-refractivity contribution is -0.119. The Bertz CT molecular complexity index is 709. The van der Waals surface area contributed by atoms with Crippen molar-refractivity contribution in [3.63, 3.8) is 0 Å². The van der Waals surface area contributed by atoms with Gasteiger partial charge in [-0.15, -0.1) is 0 Å². The van der Waals surface area contributed by atoms with Gasteiger partial charge in [0.1, 0.15) is 22.8 Å². The SMILES string of the molecule is N#CC(C(=O)C1CCCCS1(=O)=O)c1ccc(F)cc1F. The summed E-state index contributed by atoms with van der Waals surface area (Å²) >= 11 is 0. The number of hydrogen-bond donors (Lipinski definition) is 0. The molecule has 1 fully saturated rings. The van der Waals surface area contributed by atoms with Crippen LogP contribution in [0, 0.1) is 23.0 Å². The summed E-state index contributed by atoms with van der Waals surface area (Å²) in [6.07, 6.45) is 1.19. The third-order valence-electron chi connectivity index (χ3n) is 3.58. The largest absolute Gasteiger partial charge is 0.296 e. The minimum Gasteiger partial charge on any atom is -0.296 e. The Morgan fingerprint density at radius 1 is 1.33 bits per heavy atom. The van der Waals surface area contributed by atoms with Crippen molar-refractivity contribution in [1.29, 1.82) is 5.26 Å². The van der Waals surface area contributed by atoms with E-state index in [4.69, 9.17) is 5.26 Å². The van der Waals surface area contributed by atoms with E-state index in [-0.39, 0.29) is 17.7 Å². The van der Waals surface area contributed by atoms with E-state index in [2.05, 4.69) is 0 Å². The molecule has 2 atom stereocenters. The van der Waals surface area contributed by atoms with Crippen LogP contribution in [0.1, 0.15) is 30.7 Å². The number of hydrogen-bond acceptors (Lipinski definition) is 4. The van der Waals surface area contributed by atoms with Gasteiger partial charge in [-0.25, -0.2) is 17.2 Å². The smallest absolute Gasteiger partial charge is 0.172 e. The van der Waals surface area contributed by atoms with Crippen LogP contribution in [0.4, 0.5) is 8.78 Å². The van der Waals surface area contributed by atoms with Crippen molar-refractivity contribution >= 4 is 15.6 Å². The highest BCUT2D eigenvalue weighted by Crippen LogP contribution is 2.28. The van der Waals surface area contributed by atoms with Crippen LogP contribution in [0.5, 0.6) is 0 Å². The number of rotatable bonds is 3. The van der Waals surface area contributed by atoms with Crippen molar-refractivity contribution in [1.82, 2.24) is 0 Å². The van der Waals surface area contributed by atoms with Crippen molar-refractivity contribution in [2.24, 2.45) is 0 Å². The molecule has 0 spiro atoms. The fourth-order valence-electron chi connectivity index (χ4n) is 2.48. The molecule has 21 heavy (non-hydrogen) atoms. The normalized spacial score (nSPS) is 22.2. The molecule has 0 aliphatic carbocycles. The Kier molecular flexibility index (Phi) is 4.37. The van der Waals surface area contributed by atoms with Crippen LogP contribution in [0.25, 0.3) is 0 Å². The van der Waals surface area contributed by atoms with Gasteiger partial charge in [0, 0.05) is 11.6 Å². The fraction of sp³-hybridized carbons (Fsp3) is 0.429. The highest BCUT2D eigenvalue weighted by Gasteiger charge is 2.39. The predicted octanol–water partition coefficient (Wildman–Crippen LogP) is 2.11. The minimum atomic E-state index is -3.60. The number of carbonyl (C=O) groups is 1. The average molecular weight is 313 g/mol. The third-order valence-corrected chi connectivity index (χ3v) is 5.78. The fourth-order valence-corrected chi connectivity index (χ4v) is 4.39. The summed E-state index contributed by atoms with van der Waals surface area (Å²) in [7, 11) is -3.60. The molecule has 1 heterocycles. The average Bonchev–Trinajstić information content (AvgIpc) is 2.41. The van der Waals surface area contributed by atoms with E-state index in [1.807, 2.05) is 0 Å². The number of nitrogens with zero attached hydrogens (tertiary/aromatic N) is 1. The molecule has 112 valence electrons. The Morgan fingerprint density at radius 3 is 2.62 bits per heavy atom. The maximum atomic E-state index is 13.7. The van der Waals surface area contributed by atoms with E-state index in [0.29, 0.717) is 18.9 Å². The highest BCUT2D eigenvalue weighted by atomic mass is 32.2. The molecule has 1 aromatic carbocycles. The van der Waals surface area contributed by atoms with Crippen molar-refractivity contribution in [2.45, 2.75) is 30.4 Å². The molecule has 1 saturated heterocycles. The summed E-state index contributed by atoms with van der Waals surface area (Å²) in [4.78, 5) is 12.3. The molecular formula is C14H13F2NO3S. The van der Waals surface area contributed by atoms with Gasteiger partial charge in [-0.1, -0.05) is 12.5 Å². The Balaban J connectivity index is 2.37.